The molecule has 0 atom stereocenters. The van der Waals surface area contributed by atoms with Crippen LogP contribution in [0.3, 0.4) is 0 Å². The molecule has 1 aromatic rings. The lowest BCUT2D eigenvalue weighted by Crippen LogP contribution is -2.23. The standard InChI is InChI=1S/C17H24O2.C2H6/c1-11(2)19-15-9-12(3)8-13(4)16(15)17(6,7)10-14(5)18;1-2/h8-9H,1,10H2,2-7H3;1-2H3. The number of carbonyl (C=O) groups is 1. The first-order valence-corrected chi connectivity index (χ1v) is 7.58. The molecule has 0 aliphatic rings. The molecule has 1 aromatic carbocycles. The van der Waals surface area contributed by atoms with Crippen LogP contribution >= 0.6 is 0 Å². The fraction of sp³-hybridized carbons (Fsp3) is 0.526. The predicted molar refractivity (Wildman–Crippen MR) is 91.0 cm³/mol. The first kappa shape index (κ1) is 19.4. The zero-order valence-electron chi connectivity index (χ0n) is 14.9. The summed E-state index contributed by atoms with van der Waals surface area (Å²) in [6.45, 7) is 19.5. The van der Waals surface area contributed by atoms with E-state index < -0.39 is 0 Å². The molecule has 0 saturated heterocycles. The lowest BCUT2D eigenvalue weighted by Gasteiger charge is -2.29. The van der Waals surface area contributed by atoms with Crippen LogP contribution in [0.1, 0.15) is 64.7 Å². The molecule has 118 valence electrons. The number of ketones is 1. The number of aryl methyl sites for hydroxylation is 2. The minimum absolute atomic E-state index is 0.186. The molecule has 0 N–H and O–H groups in total. The average Bonchev–Trinajstić information content (AvgIpc) is 2.26. The molecule has 21 heavy (non-hydrogen) atoms. The number of rotatable bonds is 5. The van der Waals surface area contributed by atoms with Crippen molar-refractivity contribution >= 4 is 5.78 Å². The van der Waals surface area contributed by atoms with Crippen LogP contribution in [0.15, 0.2) is 24.5 Å². The van der Waals surface area contributed by atoms with E-state index in [1.807, 2.05) is 33.8 Å². The van der Waals surface area contributed by atoms with Crippen LogP contribution < -0.4 is 4.74 Å². The second kappa shape index (κ2) is 8.02. The molecule has 0 amide bonds. The Hall–Kier alpha value is -1.57. The molecule has 0 fully saturated rings. The lowest BCUT2D eigenvalue weighted by atomic mass is 9.77. The van der Waals surface area contributed by atoms with Gasteiger partial charge in [-0.15, -0.1) is 0 Å². The summed E-state index contributed by atoms with van der Waals surface area (Å²) in [4.78, 5) is 11.5. The Morgan fingerprint density at radius 3 is 2.14 bits per heavy atom. The van der Waals surface area contributed by atoms with Gasteiger partial charge in [0, 0.05) is 17.4 Å². The maximum atomic E-state index is 11.5. The highest BCUT2D eigenvalue weighted by molar-refractivity contribution is 5.77. The van der Waals surface area contributed by atoms with E-state index in [1.165, 1.54) is 0 Å². The van der Waals surface area contributed by atoms with E-state index in [4.69, 9.17) is 4.74 Å². The molecule has 0 aliphatic heterocycles. The molecule has 0 aromatic heterocycles. The summed E-state index contributed by atoms with van der Waals surface area (Å²) >= 11 is 0. The van der Waals surface area contributed by atoms with Crippen molar-refractivity contribution in [2.45, 2.75) is 67.2 Å². The minimum Gasteiger partial charge on any atom is -0.462 e. The Bertz CT molecular complexity index is 511. The highest BCUT2D eigenvalue weighted by Gasteiger charge is 2.28. The Labute approximate surface area is 130 Å². The zero-order valence-corrected chi connectivity index (χ0v) is 14.9. The quantitative estimate of drug-likeness (QED) is 0.669. The monoisotopic (exact) mass is 290 g/mol. The number of ether oxygens (including phenoxy) is 1. The molecular formula is C19H30O2. The first-order valence-electron chi connectivity index (χ1n) is 7.58. The van der Waals surface area contributed by atoms with Gasteiger partial charge in [0.05, 0.1) is 5.76 Å². The first-order chi connectivity index (χ1) is 9.63. The highest BCUT2D eigenvalue weighted by atomic mass is 16.5. The minimum atomic E-state index is -0.242. The molecule has 0 radical (unpaired) electrons. The van der Waals surface area contributed by atoms with Gasteiger partial charge in [0.25, 0.3) is 0 Å². The summed E-state index contributed by atoms with van der Waals surface area (Å²) in [7, 11) is 0. The normalized spacial score (nSPS) is 10.5. The molecular weight excluding hydrogens is 260 g/mol. The summed E-state index contributed by atoms with van der Waals surface area (Å²) in [5.41, 5.74) is 3.16. The second-order valence-corrected chi connectivity index (χ2v) is 6.02. The number of benzene rings is 1. The maximum Gasteiger partial charge on any atom is 0.131 e. The van der Waals surface area contributed by atoms with Crippen molar-refractivity contribution in [2.75, 3.05) is 0 Å². The van der Waals surface area contributed by atoms with Gasteiger partial charge in [-0.2, -0.15) is 0 Å². The van der Waals surface area contributed by atoms with Crippen molar-refractivity contribution in [3.05, 3.63) is 41.2 Å². The van der Waals surface area contributed by atoms with Gasteiger partial charge in [0.1, 0.15) is 11.5 Å². The number of hydrogen-bond acceptors (Lipinski definition) is 2. The van der Waals surface area contributed by atoms with E-state index >= 15 is 0 Å². The fourth-order valence-corrected chi connectivity index (χ4v) is 2.77. The third kappa shape index (κ3) is 5.74. The van der Waals surface area contributed by atoms with Gasteiger partial charge in [-0.25, -0.2) is 0 Å². The van der Waals surface area contributed by atoms with Crippen molar-refractivity contribution in [2.24, 2.45) is 0 Å². The predicted octanol–water partition coefficient (Wildman–Crippen LogP) is 5.50. The summed E-state index contributed by atoms with van der Waals surface area (Å²) in [6.07, 6.45) is 0.503. The SMILES string of the molecule is C=C(C)Oc1cc(C)cc(C)c1C(C)(C)CC(C)=O.CC. The van der Waals surface area contributed by atoms with Crippen molar-refractivity contribution in [1.82, 2.24) is 0 Å². The molecule has 0 unspecified atom stereocenters. The van der Waals surface area contributed by atoms with Gasteiger partial charge in [-0.1, -0.05) is 40.3 Å². The van der Waals surface area contributed by atoms with Gasteiger partial charge in [0.2, 0.25) is 0 Å². The van der Waals surface area contributed by atoms with Gasteiger partial charge in [-0.3, -0.25) is 4.79 Å². The number of Topliss-reactive ketones (excluding diaryl/α,β-unsaturated/α-hetero) is 1. The second-order valence-electron chi connectivity index (χ2n) is 6.02. The molecule has 0 spiro atoms. The van der Waals surface area contributed by atoms with E-state index in [-0.39, 0.29) is 11.2 Å². The zero-order chi connectivity index (χ0) is 16.8. The lowest BCUT2D eigenvalue weighted by molar-refractivity contribution is -0.118. The van der Waals surface area contributed by atoms with Crippen molar-refractivity contribution in [3.63, 3.8) is 0 Å². The van der Waals surface area contributed by atoms with Crippen molar-refractivity contribution < 1.29 is 9.53 Å². The highest BCUT2D eigenvalue weighted by Crippen LogP contribution is 2.38. The summed E-state index contributed by atoms with van der Waals surface area (Å²) < 4.78 is 5.77. The van der Waals surface area contributed by atoms with Crippen LogP contribution in [-0.4, -0.2) is 5.78 Å². The molecule has 0 aliphatic carbocycles. The van der Waals surface area contributed by atoms with Crippen molar-refractivity contribution in [3.8, 4) is 5.75 Å². The van der Waals surface area contributed by atoms with Crippen LogP contribution in [0.4, 0.5) is 0 Å². The van der Waals surface area contributed by atoms with Gasteiger partial charge in [0.15, 0.2) is 0 Å². The van der Waals surface area contributed by atoms with Crippen LogP contribution in [0, 0.1) is 13.8 Å². The Kier molecular flexibility index (Phi) is 7.42. The average molecular weight is 290 g/mol. The molecule has 1 rings (SSSR count). The summed E-state index contributed by atoms with van der Waals surface area (Å²) in [5.74, 6) is 1.66. The van der Waals surface area contributed by atoms with Crippen LogP contribution in [0.25, 0.3) is 0 Å². The number of allylic oxidation sites excluding steroid dienone is 1. The van der Waals surface area contributed by atoms with Crippen LogP contribution in [0.2, 0.25) is 0 Å². The van der Waals surface area contributed by atoms with E-state index in [2.05, 4.69) is 33.4 Å². The van der Waals surface area contributed by atoms with Crippen LogP contribution in [0.5, 0.6) is 5.75 Å². The molecule has 0 bridgehead atoms. The van der Waals surface area contributed by atoms with Gasteiger partial charge >= 0.3 is 0 Å². The van der Waals surface area contributed by atoms with Gasteiger partial charge < -0.3 is 4.74 Å². The number of carbonyl (C=O) groups excluding carboxylic acids is 1. The third-order valence-electron chi connectivity index (χ3n) is 3.10. The van der Waals surface area contributed by atoms with E-state index in [0.717, 1.165) is 22.4 Å². The number of hydrogen-bond donors (Lipinski definition) is 0. The Morgan fingerprint density at radius 1 is 1.19 bits per heavy atom. The maximum absolute atomic E-state index is 11.5. The fourth-order valence-electron chi connectivity index (χ4n) is 2.77. The summed E-state index contributed by atoms with van der Waals surface area (Å²) in [6, 6.07) is 4.14. The third-order valence-corrected chi connectivity index (χ3v) is 3.10. The molecule has 2 nitrogen and oxygen atoms in total. The Morgan fingerprint density at radius 2 is 1.71 bits per heavy atom. The van der Waals surface area contributed by atoms with E-state index in [0.29, 0.717) is 12.2 Å². The Balaban J connectivity index is 0.00000191. The molecule has 2 heteroatoms. The topological polar surface area (TPSA) is 26.3 Å². The van der Waals surface area contributed by atoms with Crippen LogP contribution in [-0.2, 0) is 10.2 Å². The van der Waals surface area contributed by atoms with Crippen molar-refractivity contribution in [1.29, 1.82) is 0 Å². The largest absolute Gasteiger partial charge is 0.462 e. The van der Waals surface area contributed by atoms with Gasteiger partial charge in [-0.05, 0) is 44.9 Å². The smallest absolute Gasteiger partial charge is 0.131 e. The molecule has 0 heterocycles. The summed E-state index contributed by atoms with van der Waals surface area (Å²) in [5, 5.41) is 0. The van der Waals surface area contributed by atoms with E-state index in [1.54, 1.807) is 6.92 Å². The van der Waals surface area contributed by atoms with E-state index in [9.17, 15) is 4.79 Å². The molecule has 0 saturated carbocycles.